The Bertz CT molecular complexity index is 1380. The van der Waals surface area contributed by atoms with Gasteiger partial charge in [0.15, 0.2) is 11.2 Å². The topological polar surface area (TPSA) is 161 Å². The molecule has 0 spiro atoms. The number of nitrogens with zero attached hydrogens (tertiary/aromatic N) is 4. The minimum absolute atomic E-state index is 0.0629. The fourth-order valence-corrected chi connectivity index (χ4v) is 5.13. The van der Waals surface area contributed by atoms with Gasteiger partial charge in [0.1, 0.15) is 16.6 Å². The van der Waals surface area contributed by atoms with E-state index in [2.05, 4.69) is 31.1 Å². The Morgan fingerprint density at radius 3 is 2.52 bits per heavy atom. The third-order valence-corrected chi connectivity index (χ3v) is 7.33. The van der Waals surface area contributed by atoms with E-state index in [0.29, 0.717) is 54.0 Å². The Hall–Kier alpha value is -4.04. The number of hydrazone groups is 1. The minimum Gasteiger partial charge on any atom is -0.394 e. The van der Waals surface area contributed by atoms with Crippen molar-refractivity contribution in [1.82, 2.24) is 20.3 Å². The number of hydrogen-bond acceptors (Lipinski definition) is 11. The molecular weight excluding hydrogens is 534 g/mol. The highest BCUT2D eigenvalue weighted by molar-refractivity contribution is 8.15. The summed E-state index contributed by atoms with van der Waals surface area (Å²) >= 11 is 1.29. The van der Waals surface area contributed by atoms with Gasteiger partial charge in [-0.25, -0.2) is 9.97 Å². The van der Waals surface area contributed by atoms with Crippen LogP contribution in [0.3, 0.4) is 0 Å². The van der Waals surface area contributed by atoms with Crippen molar-refractivity contribution >= 4 is 40.1 Å². The maximum Gasteiger partial charge on any atom is 0.274 e. The van der Waals surface area contributed by atoms with Crippen LogP contribution >= 0.6 is 11.8 Å². The number of carbonyl (C=O) groups excluding carboxylic acids is 2. The van der Waals surface area contributed by atoms with E-state index in [1.807, 2.05) is 42.5 Å². The lowest BCUT2D eigenvalue weighted by molar-refractivity contribution is -0.135. The number of thioether (sulfide) groups is 1. The summed E-state index contributed by atoms with van der Waals surface area (Å²) in [7, 11) is 0. The number of aliphatic hydroxyl groups excluding tert-OH is 2. The van der Waals surface area contributed by atoms with Crippen LogP contribution < -0.4 is 16.1 Å². The van der Waals surface area contributed by atoms with E-state index >= 15 is 0 Å². The first kappa shape index (κ1) is 27.5. The molecule has 12 nitrogen and oxygen atoms in total. The number of amides is 2. The lowest BCUT2D eigenvalue weighted by Gasteiger charge is -2.28. The van der Waals surface area contributed by atoms with Crippen molar-refractivity contribution in [3.8, 4) is 11.4 Å². The molecule has 1 fully saturated rings. The van der Waals surface area contributed by atoms with E-state index in [1.165, 1.54) is 17.8 Å². The van der Waals surface area contributed by atoms with E-state index in [1.54, 1.807) is 17.0 Å². The second kappa shape index (κ2) is 12.9. The highest BCUT2D eigenvalue weighted by Gasteiger charge is 2.32. The number of rotatable bonds is 9. The molecule has 40 heavy (non-hydrogen) atoms. The van der Waals surface area contributed by atoms with Crippen LogP contribution in [0.15, 0.2) is 65.8 Å². The fraction of sp³-hybridized carbons (Fsp3) is 0.296. The van der Waals surface area contributed by atoms with Gasteiger partial charge in [-0.05, 0) is 6.07 Å². The number of hydrogen-bond donors (Lipinski definition) is 5. The molecule has 1 aromatic heterocycles. The van der Waals surface area contributed by atoms with Crippen LogP contribution in [0.2, 0.25) is 0 Å². The van der Waals surface area contributed by atoms with Gasteiger partial charge in [0.2, 0.25) is 0 Å². The van der Waals surface area contributed by atoms with Gasteiger partial charge in [0.25, 0.3) is 11.8 Å². The lowest BCUT2D eigenvalue weighted by atomic mass is 10.1. The van der Waals surface area contributed by atoms with Gasteiger partial charge >= 0.3 is 0 Å². The quantitative estimate of drug-likeness (QED) is 0.257. The number of benzene rings is 2. The van der Waals surface area contributed by atoms with E-state index < -0.39 is 17.3 Å². The lowest BCUT2D eigenvalue weighted by Crippen LogP contribution is -2.47. The van der Waals surface area contributed by atoms with Crippen LogP contribution in [0.1, 0.15) is 16.1 Å². The number of anilines is 2. The van der Waals surface area contributed by atoms with Crippen molar-refractivity contribution in [3.05, 3.63) is 71.9 Å². The fourth-order valence-electron chi connectivity index (χ4n) is 4.14. The summed E-state index contributed by atoms with van der Waals surface area (Å²) < 4.78 is 5.34. The monoisotopic (exact) mass is 563 g/mol. The Morgan fingerprint density at radius 2 is 1.77 bits per heavy atom. The molecule has 3 aromatic rings. The van der Waals surface area contributed by atoms with Gasteiger partial charge in [0.05, 0.1) is 38.2 Å². The summed E-state index contributed by atoms with van der Waals surface area (Å²) in [6.45, 7) is 1.46. The number of morpholine rings is 1. The first-order valence-electron chi connectivity index (χ1n) is 12.8. The smallest absolute Gasteiger partial charge is 0.274 e. The molecule has 5 rings (SSSR count). The Kier molecular flexibility index (Phi) is 8.86. The zero-order valence-corrected chi connectivity index (χ0v) is 22.3. The third kappa shape index (κ3) is 6.39. The van der Waals surface area contributed by atoms with Gasteiger partial charge in [-0.1, -0.05) is 60.3 Å². The largest absolute Gasteiger partial charge is 0.394 e. The number of para-hydroxylation sites is 1. The molecule has 1 unspecified atom stereocenters. The molecule has 208 valence electrons. The zero-order chi connectivity index (χ0) is 27.9. The molecule has 1 atom stereocenters. The van der Waals surface area contributed by atoms with E-state index in [4.69, 9.17) is 4.74 Å². The predicted molar refractivity (Wildman–Crippen MR) is 152 cm³/mol. The highest BCUT2D eigenvalue weighted by Crippen LogP contribution is 2.29. The van der Waals surface area contributed by atoms with Crippen molar-refractivity contribution in [2.24, 2.45) is 5.10 Å². The normalized spacial score (nSPS) is 16.8. The zero-order valence-electron chi connectivity index (χ0n) is 21.5. The first-order chi connectivity index (χ1) is 19.6. The highest BCUT2D eigenvalue weighted by atomic mass is 32.2. The number of aliphatic hydroxyl groups is 2. The van der Waals surface area contributed by atoms with Crippen molar-refractivity contribution in [3.63, 3.8) is 0 Å². The van der Waals surface area contributed by atoms with E-state index in [-0.39, 0.29) is 30.6 Å². The Morgan fingerprint density at radius 1 is 1.05 bits per heavy atom. The van der Waals surface area contributed by atoms with Crippen LogP contribution in [0, 0.1) is 0 Å². The van der Waals surface area contributed by atoms with E-state index in [9.17, 15) is 19.8 Å². The third-order valence-electron chi connectivity index (χ3n) is 6.25. The van der Waals surface area contributed by atoms with Crippen LogP contribution in [-0.2, 0) is 9.53 Å². The number of nitrogens with one attached hydrogen (secondary N) is 3. The first-order valence-corrected chi connectivity index (χ1v) is 13.6. The van der Waals surface area contributed by atoms with E-state index in [0.717, 1.165) is 0 Å². The molecule has 2 aliphatic heterocycles. The minimum atomic E-state index is -0.659. The Balaban J connectivity index is 1.36. The molecule has 2 amide bonds. The van der Waals surface area contributed by atoms with Crippen LogP contribution in [0.4, 0.5) is 11.5 Å². The molecule has 1 saturated heterocycles. The van der Waals surface area contributed by atoms with Gasteiger partial charge in [-0.2, -0.15) is 5.10 Å². The molecule has 13 heteroatoms. The van der Waals surface area contributed by atoms with Crippen molar-refractivity contribution in [1.29, 1.82) is 0 Å². The van der Waals surface area contributed by atoms with Crippen molar-refractivity contribution in [2.75, 3.05) is 50.2 Å². The summed E-state index contributed by atoms with van der Waals surface area (Å²) in [5.74, 6) is 0.0389. The summed E-state index contributed by atoms with van der Waals surface area (Å²) in [5, 5.41) is 29.3. The SMILES string of the molecule is O=C(Nc1ccccc1C1=NNC(C(=O)N2CCOCC2)S1)c1cc(NC(CO)CO)nc(-c2ccccc2)n1. The predicted octanol–water partition coefficient (Wildman–Crippen LogP) is 1.34. The summed E-state index contributed by atoms with van der Waals surface area (Å²) in [6.07, 6.45) is 0. The molecule has 2 aliphatic rings. The second-order valence-corrected chi connectivity index (χ2v) is 10.1. The van der Waals surface area contributed by atoms with Gasteiger partial charge in [-0.3, -0.25) is 15.0 Å². The number of ether oxygens (including phenoxy) is 1. The molecule has 5 N–H and O–H groups in total. The van der Waals surface area contributed by atoms with Gasteiger partial charge in [0, 0.05) is 30.3 Å². The van der Waals surface area contributed by atoms with Crippen molar-refractivity contribution in [2.45, 2.75) is 11.4 Å². The molecule has 3 heterocycles. The maximum absolute atomic E-state index is 13.5. The molecule has 0 saturated carbocycles. The Labute approximate surface area is 234 Å². The summed E-state index contributed by atoms with van der Waals surface area (Å²) in [4.78, 5) is 37.1. The number of aromatic nitrogens is 2. The summed E-state index contributed by atoms with van der Waals surface area (Å²) in [6, 6.07) is 17.2. The van der Waals surface area contributed by atoms with Crippen molar-refractivity contribution < 1.29 is 24.5 Å². The van der Waals surface area contributed by atoms with Crippen LogP contribution in [0.5, 0.6) is 0 Å². The molecule has 0 aliphatic carbocycles. The second-order valence-electron chi connectivity index (χ2n) is 9.02. The van der Waals surface area contributed by atoms with Crippen LogP contribution in [0.25, 0.3) is 11.4 Å². The maximum atomic E-state index is 13.5. The van der Waals surface area contributed by atoms with Crippen LogP contribution in [-0.4, -0.2) is 92.9 Å². The molecule has 2 aromatic carbocycles. The average molecular weight is 564 g/mol. The van der Waals surface area contributed by atoms with Gasteiger partial charge in [-0.15, -0.1) is 0 Å². The molecule has 0 bridgehead atoms. The number of carbonyl (C=O) groups is 2. The average Bonchev–Trinajstić information content (AvgIpc) is 3.50. The standard InChI is InChI=1S/C27H29N7O5S/c35-15-18(16-36)28-22-14-21(29-23(31-22)17-6-2-1-3-7-17)24(37)30-20-9-5-4-8-19(20)25-32-33-26(40-25)27(38)34-10-12-39-13-11-34/h1-9,14,18,26,33,35-36H,10-13,15-16H2,(H,30,37)(H,28,29,31). The molecule has 0 radical (unpaired) electrons. The summed E-state index contributed by atoms with van der Waals surface area (Å²) in [5.41, 5.74) is 4.85. The molecular formula is C27H29N7O5S. The van der Waals surface area contributed by atoms with Gasteiger partial charge < -0.3 is 30.5 Å².